The number of nitrogens with one attached hydrogen (secondary N) is 2. The van der Waals surface area contributed by atoms with Crippen molar-refractivity contribution in [1.82, 2.24) is 15.3 Å². The molecule has 0 aliphatic carbocycles. The molecule has 1 saturated heterocycles. The van der Waals surface area contributed by atoms with Crippen LogP contribution in [0.25, 0.3) is 0 Å². The topological polar surface area (TPSA) is 70.2 Å². The molecule has 1 fully saturated rings. The third-order valence-electron chi connectivity index (χ3n) is 4.19. The number of anilines is 1. The van der Waals surface area contributed by atoms with Crippen LogP contribution < -0.4 is 10.2 Å². The summed E-state index contributed by atoms with van der Waals surface area (Å²) in [7, 11) is 0. The first-order chi connectivity index (χ1) is 11.8. The second-order valence-corrected chi connectivity index (χ2v) is 5.90. The van der Waals surface area contributed by atoms with E-state index in [1.165, 1.54) is 0 Å². The Bertz CT molecular complexity index is 619. The molecule has 2 N–H and O–H groups in total. The number of unbranched alkanes of at least 4 members (excludes halogenated alkanes) is 1. The number of imidazole rings is 1. The van der Waals surface area contributed by atoms with Gasteiger partial charge in [0.1, 0.15) is 5.82 Å². The van der Waals surface area contributed by atoms with E-state index in [9.17, 15) is 4.79 Å². The van der Waals surface area contributed by atoms with Crippen molar-refractivity contribution < 1.29 is 9.53 Å². The summed E-state index contributed by atoms with van der Waals surface area (Å²) in [4.78, 5) is 21.7. The van der Waals surface area contributed by atoms with E-state index in [0.717, 1.165) is 57.1 Å². The lowest BCUT2D eigenvalue weighted by Gasteiger charge is -2.28. The maximum Gasteiger partial charge on any atom is 0.251 e. The molecule has 1 aliphatic heterocycles. The van der Waals surface area contributed by atoms with Gasteiger partial charge in [-0.3, -0.25) is 4.79 Å². The first-order valence-electron chi connectivity index (χ1n) is 8.52. The molecule has 128 valence electrons. The van der Waals surface area contributed by atoms with E-state index in [1.807, 2.05) is 30.5 Å². The van der Waals surface area contributed by atoms with Gasteiger partial charge >= 0.3 is 0 Å². The zero-order valence-electron chi connectivity index (χ0n) is 13.8. The predicted molar refractivity (Wildman–Crippen MR) is 93.3 cm³/mol. The van der Waals surface area contributed by atoms with Gasteiger partial charge in [0.15, 0.2) is 0 Å². The van der Waals surface area contributed by atoms with Crippen LogP contribution in [-0.2, 0) is 11.2 Å². The number of ether oxygens (including phenoxy) is 1. The Morgan fingerprint density at radius 1 is 1.21 bits per heavy atom. The van der Waals surface area contributed by atoms with Gasteiger partial charge in [-0.05, 0) is 37.1 Å². The fraction of sp³-hybridized carbons (Fsp3) is 0.444. The lowest BCUT2D eigenvalue weighted by atomic mass is 10.1. The van der Waals surface area contributed by atoms with E-state index in [4.69, 9.17) is 4.74 Å². The molecular formula is C18H24N4O2. The van der Waals surface area contributed by atoms with E-state index in [2.05, 4.69) is 20.2 Å². The van der Waals surface area contributed by atoms with Gasteiger partial charge in [-0.1, -0.05) is 0 Å². The molecule has 0 bridgehead atoms. The number of aromatic amines is 1. The Morgan fingerprint density at radius 3 is 2.71 bits per heavy atom. The number of amides is 1. The molecule has 0 atom stereocenters. The zero-order valence-corrected chi connectivity index (χ0v) is 13.8. The first kappa shape index (κ1) is 16.5. The molecule has 6 nitrogen and oxygen atoms in total. The molecule has 0 saturated carbocycles. The van der Waals surface area contributed by atoms with E-state index < -0.39 is 0 Å². The number of H-pyrrole nitrogens is 1. The number of carbonyl (C=O) groups is 1. The molecule has 1 aromatic carbocycles. The Hall–Kier alpha value is -2.34. The number of benzene rings is 1. The van der Waals surface area contributed by atoms with E-state index in [-0.39, 0.29) is 5.91 Å². The highest BCUT2D eigenvalue weighted by atomic mass is 16.5. The second kappa shape index (κ2) is 8.49. The Morgan fingerprint density at radius 2 is 2.00 bits per heavy atom. The maximum absolute atomic E-state index is 12.2. The summed E-state index contributed by atoms with van der Waals surface area (Å²) in [5, 5.41) is 2.97. The number of aromatic nitrogens is 2. The van der Waals surface area contributed by atoms with Gasteiger partial charge < -0.3 is 19.9 Å². The highest BCUT2D eigenvalue weighted by Crippen LogP contribution is 2.16. The molecule has 1 aromatic heterocycles. The van der Waals surface area contributed by atoms with Crippen molar-refractivity contribution >= 4 is 11.6 Å². The van der Waals surface area contributed by atoms with Crippen LogP contribution in [0.3, 0.4) is 0 Å². The van der Waals surface area contributed by atoms with Gasteiger partial charge in [0.25, 0.3) is 5.91 Å². The molecule has 3 rings (SSSR count). The van der Waals surface area contributed by atoms with Crippen molar-refractivity contribution in [2.75, 3.05) is 37.7 Å². The smallest absolute Gasteiger partial charge is 0.251 e. The average Bonchev–Trinajstić information content (AvgIpc) is 3.16. The number of nitrogens with zero attached hydrogens (tertiary/aromatic N) is 2. The van der Waals surface area contributed by atoms with Gasteiger partial charge in [0.05, 0.1) is 13.2 Å². The summed E-state index contributed by atoms with van der Waals surface area (Å²) in [5.74, 6) is 0.988. The quantitative estimate of drug-likeness (QED) is 0.763. The molecule has 6 heteroatoms. The van der Waals surface area contributed by atoms with Gasteiger partial charge in [-0.25, -0.2) is 4.98 Å². The summed E-state index contributed by atoms with van der Waals surface area (Å²) >= 11 is 0. The van der Waals surface area contributed by atoms with Gasteiger partial charge in [0, 0.05) is 49.7 Å². The van der Waals surface area contributed by atoms with Crippen molar-refractivity contribution in [3.05, 3.63) is 48.0 Å². The maximum atomic E-state index is 12.2. The fourth-order valence-electron chi connectivity index (χ4n) is 2.80. The van der Waals surface area contributed by atoms with Gasteiger partial charge in [0.2, 0.25) is 0 Å². The fourth-order valence-corrected chi connectivity index (χ4v) is 2.80. The van der Waals surface area contributed by atoms with Crippen LogP contribution in [0.5, 0.6) is 0 Å². The van der Waals surface area contributed by atoms with Crippen molar-refractivity contribution in [3.8, 4) is 0 Å². The van der Waals surface area contributed by atoms with Crippen LogP contribution in [-0.4, -0.2) is 48.7 Å². The summed E-state index contributed by atoms with van der Waals surface area (Å²) in [5.41, 5.74) is 1.85. The minimum atomic E-state index is -0.0125. The largest absolute Gasteiger partial charge is 0.378 e. The van der Waals surface area contributed by atoms with Crippen molar-refractivity contribution in [3.63, 3.8) is 0 Å². The summed E-state index contributed by atoms with van der Waals surface area (Å²) < 4.78 is 5.36. The zero-order chi connectivity index (χ0) is 16.6. The number of morpholine rings is 1. The Labute approximate surface area is 142 Å². The second-order valence-electron chi connectivity index (χ2n) is 5.90. The molecule has 0 spiro atoms. The Kier molecular flexibility index (Phi) is 5.85. The number of hydrogen-bond acceptors (Lipinski definition) is 4. The highest BCUT2D eigenvalue weighted by molar-refractivity contribution is 5.94. The third kappa shape index (κ3) is 4.58. The lowest BCUT2D eigenvalue weighted by molar-refractivity contribution is 0.0953. The lowest BCUT2D eigenvalue weighted by Crippen LogP contribution is -2.36. The molecular weight excluding hydrogens is 304 g/mol. The highest BCUT2D eigenvalue weighted by Gasteiger charge is 2.12. The van der Waals surface area contributed by atoms with Crippen LogP contribution in [0.2, 0.25) is 0 Å². The molecule has 0 radical (unpaired) electrons. The van der Waals surface area contributed by atoms with Crippen LogP contribution >= 0.6 is 0 Å². The minimum Gasteiger partial charge on any atom is -0.378 e. The molecule has 0 unspecified atom stereocenters. The summed E-state index contributed by atoms with van der Waals surface area (Å²) in [6.07, 6.45) is 6.45. The molecule has 24 heavy (non-hydrogen) atoms. The van der Waals surface area contributed by atoms with Crippen molar-refractivity contribution in [1.29, 1.82) is 0 Å². The summed E-state index contributed by atoms with van der Waals surface area (Å²) in [6, 6.07) is 7.81. The minimum absolute atomic E-state index is 0.0125. The molecule has 2 heterocycles. The number of aryl methyl sites for hydroxylation is 1. The van der Waals surface area contributed by atoms with Crippen LogP contribution in [0, 0.1) is 0 Å². The van der Waals surface area contributed by atoms with Gasteiger partial charge in [-0.2, -0.15) is 0 Å². The molecule has 1 amide bonds. The monoisotopic (exact) mass is 328 g/mol. The Balaban J connectivity index is 1.39. The van der Waals surface area contributed by atoms with Crippen molar-refractivity contribution in [2.24, 2.45) is 0 Å². The van der Waals surface area contributed by atoms with Crippen LogP contribution in [0.1, 0.15) is 29.0 Å². The number of hydrogen-bond donors (Lipinski definition) is 2. The SMILES string of the molecule is O=C(NCCCCc1ncc[nH]1)c1ccc(N2CCOCC2)cc1. The third-order valence-corrected chi connectivity index (χ3v) is 4.19. The van der Waals surface area contributed by atoms with E-state index in [1.54, 1.807) is 6.20 Å². The molecule has 1 aliphatic rings. The van der Waals surface area contributed by atoms with Crippen LogP contribution in [0.4, 0.5) is 5.69 Å². The van der Waals surface area contributed by atoms with Crippen LogP contribution in [0.15, 0.2) is 36.7 Å². The number of rotatable bonds is 7. The van der Waals surface area contributed by atoms with E-state index in [0.29, 0.717) is 12.1 Å². The first-order valence-corrected chi connectivity index (χ1v) is 8.52. The predicted octanol–water partition coefficient (Wildman–Crippen LogP) is 2.00. The number of carbonyl (C=O) groups excluding carboxylic acids is 1. The van der Waals surface area contributed by atoms with Crippen molar-refractivity contribution in [2.45, 2.75) is 19.3 Å². The van der Waals surface area contributed by atoms with E-state index >= 15 is 0 Å². The standard InChI is InChI=1S/C18H24N4O2/c23-18(21-8-2-1-3-17-19-9-10-20-17)15-4-6-16(7-5-15)22-11-13-24-14-12-22/h4-7,9-10H,1-3,8,11-14H2,(H,19,20)(H,21,23). The average molecular weight is 328 g/mol. The summed E-state index contributed by atoms with van der Waals surface area (Å²) in [6.45, 7) is 4.02. The normalized spacial score (nSPS) is 14.6. The van der Waals surface area contributed by atoms with Gasteiger partial charge in [-0.15, -0.1) is 0 Å². The molecule has 2 aromatic rings.